The summed E-state index contributed by atoms with van der Waals surface area (Å²) >= 11 is 0. The second-order valence-corrected chi connectivity index (χ2v) is 7.47. The summed E-state index contributed by atoms with van der Waals surface area (Å²) in [5, 5.41) is 12.7. The lowest BCUT2D eigenvalue weighted by Gasteiger charge is -2.44. The van der Waals surface area contributed by atoms with E-state index in [1.807, 2.05) is 7.05 Å². The van der Waals surface area contributed by atoms with Crippen LogP contribution in [0.25, 0.3) is 0 Å². The average molecular weight is 282 g/mol. The lowest BCUT2D eigenvalue weighted by atomic mass is 9.68. The third-order valence-electron chi connectivity index (χ3n) is 5.99. The molecule has 1 saturated heterocycles. The highest BCUT2D eigenvalue weighted by molar-refractivity contribution is 4.88. The van der Waals surface area contributed by atoms with Gasteiger partial charge in [-0.3, -0.25) is 0 Å². The maximum absolute atomic E-state index is 9.41. The summed E-state index contributed by atoms with van der Waals surface area (Å²) in [4.78, 5) is 2.65. The Kier molecular flexibility index (Phi) is 5.88. The van der Waals surface area contributed by atoms with E-state index in [1.54, 1.807) is 0 Å². The summed E-state index contributed by atoms with van der Waals surface area (Å²) in [6.07, 6.45) is 12.5. The topological polar surface area (TPSA) is 35.5 Å². The van der Waals surface area contributed by atoms with E-state index in [2.05, 4.69) is 17.1 Å². The molecule has 1 unspecified atom stereocenters. The lowest BCUT2D eigenvalue weighted by Crippen LogP contribution is -2.45. The molecule has 1 spiro atoms. The monoisotopic (exact) mass is 282 g/mol. The van der Waals surface area contributed by atoms with Crippen molar-refractivity contribution in [1.29, 1.82) is 0 Å². The maximum Gasteiger partial charge on any atom is 0.0610 e. The number of hydrogen-bond acceptors (Lipinski definition) is 3. The first-order valence-corrected chi connectivity index (χ1v) is 8.64. The van der Waals surface area contributed by atoms with Crippen molar-refractivity contribution in [2.24, 2.45) is 5.41 Å². The van der Waals surface area contributed by atoms with Gasteiger partial charge >= 0.3 is 0 Å². The van der Waals surface area contributed by atoms with E-state index < -0.39 is 0 Å². The molecule has 3 heteroatoms. The highest BCUT2D eigenvalue weighted by Crippen LogP contribution is 2.44. The Morgan fingerprint density at radius 1 is 1.10 bits per heavy atom. The van der Waals surface area contributed by atoms with Crippen LogP contribution in [0, 0.1) is 5.41 Å². The number of aliphatic hydroxyl groups is 1. The Morgan fingerprint density at radius 2 is 1.75 bits per heavy atom. The Bertz CT molecular complexity index is 273. The average Bonchev–Trinajstić information content (AvgIpc) is 2.50. The SMILES string of the molecule is CNC(C)(CO)CCCN1CCC2(CCCCC2)CC1. The minimum Gasteiger partial charge on any atom is -0.394 e. The molecule has 0 amide bonds. The van der Waals surface area contributed by atoms with Crippen LogP contribution >= 0.6 is 0 Å². The van der Waals surface area contributed by atoms with Gasteiger partial charge in [0.25, 0.3) is 0 Å². The van der Waals surface area contributed by atoms with Crippen LogP contribution in [0.4, 0.5) is 0 Å². The van der Waals surface area contributed by atoms with Crippen molar-refractivity contribution < 1.29 is 5.11 Å². The molecule has 1 atom stereocenters. The van der Waals surface area contributed by atoms with Crippen LogP contribution in [0.3, 0.4) is 0 Å². The zero-order valence-corrected chi connectivity index (χ0v) is 13.6. The number of likely N-dealkylation sites (tertiary alicyclic amines) is 1. The van der Waals surface area contributed by atoms with Gasteiger partial charge in [0.2, 0.25) is 0 Å². The largest absolute Gasteiger partial charge is 0.394 e. The van der Waals surface area contributed by atoms with Crippen molar-refractivity contribution in [2.75, 3.05) is 33.3 Å². The molecule has 1 aliphatic carbocycles. The molecule has 1 saturated carbocycles. The third-order valence-corrected chi connectivity index (χ3v) is 5.99. The van der Waals surface area contributed by atoms with Crippen molar-refractivity contribution in [1.82, 2.24) is 10.2 Å². The second-order valence-electron chi connectivity index (χ2n) is 7.47. The maximum atomic E-state index is 9.41. The first-order chi connectivity index (χ1) is 9.61. The Hall–Kier alpha value is -0.120. The minimum absolute atomic E-state index is 0.0968. The summed E-state index contributed by atoms with van der Waals surface area (Å²) in [7, 11) is 1.95. The summed E-state index contributed by atoms with van der Waals surface area (Å²) < 4.78 is 0. The van der Waals surface area contributed by atoms with Gasteiger partial charge < -0.3 is 15.3 Å². The van der Waals surface area contributed by atoms with Gasteiger partial charge in [-0.25, -0.2) is 0 Å². The molecule has 0 radical (unpaired) electrons. The number of aliphatic hydroxyl groups excluding tert-OH is 1. The van der Waals surface area contributed by atoms with Crippen LogP contribution in [0.15, 0.2) is 0 Å². The van der Waals surface area contributed by atoms with Crippen molar-refractivity contribution >= 4 is 0 Å². The van der Waals surface area contributed by atoms with E-state index in [0.717, 1.165) is 11.8 Å². The van der Waals surface area contributed by atoms with Crippen molar-refractivity contribution in [2.45, 2.75) is 70.3 Å². The zero-order valence-electron chi connectivity index (χ0n) is 13.6. The van der Waals surface area contributed by atoms with Crippen molar-refractivity contribution in [3.63, 3.8) is 0 Å². The molecular formula is C17H34N2O. The first kappa shape index (κ1) is 16.3. The van der Waals surface area contributed by atoms with E-state index >= 15 is 0 Å². The molecule has 1 heterocycles. The van der Waals surface area contributed by atoms with E-state index in [4.69, 9.17) is 0 Å². The molecule has 0 aromatic heterocycles. The van der Waals surface area contributed by atoms with Gasteiger partial charge in [0.1, 0.15) is 0 Å². The van der Waals surface area contributed by atoms with Gasteiger partial charge in [-0.1, -0.05) is 19.3 Å². The number of nitrogens with zero attached hydrogens (tertiary/aromatic N) is 1. The quantitative estimate of drug-likeness (QED) is 0.786. The molecule has 2 N–H and O–H groups in total. The standard InChI is InChI=1S/C17H34N2O/c1-16(15-20,18-2)7-6-12-19-13-10-17(11-14-19)8-4-3-5-9-17/h18,20H,3-15H2,1-2H3. The second kappa shape index (κ2) is 7.24. The third kappa shape index (κ3) is 4.19. The minimum atomic E-state index is -0.0968. The highest BCUT2D eigenvalue weighted by Gasteiger charge is 2.35. The Balaban J connectivity index is 1.67. The molecule has 20 heavy (non-hydrogen) atoms. The van der Waals surface area contributed by atoms with Crippen molar-refractivity contribution in [3.05, 3.63) is 0 Å². The van der Waals surface area contributed by atoms with Gasteiger partial charge in [-0.2, -0.15) is 0 Å². The summed E-state index contributed by atoms with van der Waals surface area (Å²) in [6, 6.07) is 0. The first-order valence-electron chi connectivity index (χ1n) is 8.64. The van der Waals surface area contributed by atoms with E-state index in [9.17, 15) is 5.11 Å². The zero-order chi connectivity index (χ0) is 14.5. The van der Waals surface area contributed by atoms with Crippen LogP contribution in [0.2, 0.25) is 0 Å². The van der Waals surface area contributed by atoms with Crippen LogP contribution in [0.5, 0.6) is 0 Å². The molecule has 0 aromatic carbocycles. The summed E-state index contributed by atoms with van der Waals surface area (Å²) in [6.45, 7) is 6.14. The molecule has 2 fully saturated rings. The summed E-state index contributed by atoms with van der Waals surface area (Å²) in [5.74, 6) is 0. The van der Waals surface area contributed by atoms with Gasteiger partial charge in [-0.15, -0.1) is 0 Å². The molecule has 3 nitrogen and oxygen atoms in total. The number of nitrogens with one attached hydrogen (secondary N) is 1. The fourth-order valence-corrected chi connectivity index (χ4v) is 4.03. The Labute approximate surface area is 125 Å². The molecule has 2 aliphatic rings. The molecule has 118 valence electrons. The predicted molar refractivity (Wildman–Crippen MR) is 85.0 cm³/mol. The Morgan fingerprint density at radius 3 is 2.30 bits per heavy atom. The van der Waals surface area contributed by atoms with Gasteiger partial charge in [0.05, 0.1) is 6.61 Å². The predicted octanol–water partition coefficient (Wildman–Crippen LogP) is 2.78. The molecule has 0 bridgehead atoms. The van der Waals surface area contributed by atoms with Crippen molar-refractivity contribution in [3.8, 4) is 0 Å². The smallest absolute Gasteiger partial charge is 0.0610 e. The normalized spacial score (nSPS) is 26.6. The van der Waals surface area contributed by atoms with Crippen LogP contribution in [-0.4, -0.2) is 48.8 Å². The molecule has 1 aliphatic heterocycles. The van der Waals surface area contributed by atoms with Crippen LogP contribution in [0.1, 0.15) is 64.7 Å². The number of likely N-dealkylation sites (N-methyl/N-ethyl adjacent to an activating group) is 1. The number of hydrogen-bond donors (Lipinski definition) is 2. The van der Waals surface area contributed by atoms with Gasteiger partial charge in [0, 0.05) is 5.54 Å². The van der Waals surface area contributed by atoms with Gasteiger partial charge in [0.15, 0.2) is 0 Å². The van der Waals surface area contributed by atoms with Crippen LogP contribution < -0.4 is 5.32 Å². The highest BCUT2D eigenvalue weighted by atomic mass is 16.3. The number of piperidine rings is 1. The number of rotatable bonds is 6. The van der Waals surface area contributed by atoms with Gasteiger partial charge in [-0.05, 0) is 77.5 Å². The molecule has 0 aromatic rings. The summed E-state index contributed by atoms with van der Waals surface area (Å²) in [5.41, 5.74) is 0.625. The molecular weight excluding hydrogens is 248 g/mol. The van der Waals surface area contributed by atoms with Crippen LogP contribution in [-0.2, 0) is 0 Å². The lowest BCUT2D eigenvalue weighted by molar-refractivity contribution is 0.0648. The molecule has 2 rings (SSSR count). The van der Waals surface area contributed by atoms with E-state index in [-0.39, 0.29) is 12.1 Å². The fraction of sp³-hybridized carbons (Fsp3) is 1.00. The van der Waals surface area contributed by atoms with E-state index in [0.29, 0.717) is 0 Å². The fourth-order valence-electron chi connectivity index (χ4n) is 4.03. The van der Waals surface area contributed by atoms with E-state index in [1.165, 1.54) is 71.0 Å².